The van der Waals surface area contributed by atoms with Crippen LogP contribution in [-0.4, -0.2) is 27.5 Å². The summed E-state index contributed by atoms with van der Waals surface area (Å²) in [5.74, 6) is -0.807. The Balaban J connectivity index is 0.000000267. The fraction of sp³-hybridized carbons (Fsp3) is 0.500. The van der Waals surface area contributed by atoms with Crippen LogP contribution in [0.1, 0.15) is 33.6 Å². The maximum absolute atomic E-state index is 11.5. The molecule has 0 saturated heterocycles. The third-order valence-corrected chi connectivity index (χ3v) is 5.53. The second-order valence-corrected chi connectivity index (χ2v) is 6.52. The average molecular weight is 300 g/mol. The maximum atomic E-state index is 11.5. The lowest BCUT2D eigenvalue weighted by Gasteiger charge is -2.29. The van der Waals surface area contributed by atoms with Gasteiger partial charge < -0.3 is 14.5 Å². The van der Waals surface area contributed by atoms with E-state index in [9.17, 15) is 9.36 Å². The number of rotatable bonds is 5. The van der Waals surface area contributed by atoms with E-state index in [0.717, 1.165) is 0 Å². The summed E-state index contributed by atoms with van der Waals surface area (Å²) in [7, 11) is -4.47. The van der Waals surface area contributed by atoms with E-state index in [1.165, 1.54) is 11.1 Å². The molecule has 2 aliphatic rings. The van der Waals surface area contributed by atoms with E-state index >= 15 is 0 Å². The quantitative estimate of drug-likeness (QED) is 0.655. The minimum Gasteiger partial charge on any atom is -0.465 e. The zero-order valence-corrected chi connectivity index (χ0v) is 12.9. The van der Waals surface area contributed by atoms with Crippen LogP contribution in [0.3, 0.4) is 0 Å². The molecule has 0 spiro atoms. The highest BCUT2D eigenvalue weighted by atomic mass is 31.2. The highest BCUT2D eigenvalue weighted by Crippen LogP contribution is 2.55. The van der Waals surface area contributed by atoms with Crippen molar-refractivity contribution in [1.29, 1.82) is 0 Å². The molecule has 0 unspecified atom stereocenters. The lowest BCUT2D eigenvalue weighted by atomic mass is 9.95. The third-order valence-electron chi connectivity index (χ3n) is 3.60. The maximum Gasteiger partial charge on any atom is 0.342 e. The zero-order chi connectivity index (χ0) is 15.4. The van der Waals surface area contributed by atoms with Gasteiger partial charge in [0.2, 0.25) is 0 Å². The van der Waals surface area contributed by atoms with Crippen molar-refractivity contribution in [3.8, 4) is 11.1 Å². The molecule has 0 aromatic carbocycles. The van der Waals surface area contributed by atoms with Gasteiger partial charge in [0, 0.05) is 0 Å². The van der Waals surface area contributed by atoms with Gasteiger partial charge in [-0.3, -0.25) is 9.36 Å². The largest absolute Gasteiger partial charge is 0.465 e. The number of carbonyl (C=O) groups excluding carboxylic acids is 1. The van der Waals surface area contributed by atoms with E-state index in [1.807, 2.05) is 0 Å². The van der Waals surface area contributed by atoms with E-state index in [2.05, 4.69) is 29.0 Å². The van der Waals surface area contributed by atoms with Gasteiger partial charge in [0.25, 0.3) is 0 Å². The number of esters is 1. The first-order valence-corrected chi connectivity index (χ1v) is 8.27. The van der Waals surface area contributed by atoms with Crippen molar-refractivity contribution in [2.75, 3.05) is 6.61 Å². The summed E-state index contributed by atoms with van der Waals surface area (Å²) in [6.45, 7) is 4.87. The van der Waals surface area contributed by atoms with Crippen LogP contribution < -0.4 is 0 Å². The first kappa shape index (κ1) is 16.9. The molecular weight excluding hydrogens is 279 g/mol. The molecule has 2 N–H and O–H groups in total. The van der Waals surface area contributed by atoms with Gasteiger partial charge in [-0.15, -0.1) is 0 Å². The summed E-state index contributed by atoms with van der Waals surface area (Å²) in [6, 6.07) is 8.48. The van der Waals surface area contributed by atoms with Gasteiger partial charge in [-0.25, -0.2) is 0 Å². The second kappa shape index (κ2) is 6.53. The summed E-state index contributed by atoms with van der Waals surface area (Å²) < 4.78 is 15.9. The molecule has 0 fully saturated rings. The first-order chi connectivity index (χ1) is 9.32. The molecule has 0 amide bonds. The third kappa shape index (κ3) is 3.11. The molecule has 20 heavy (non-hydrogen) atoms. The monoisotopic (exact) mass is 300 g/mol. The van der Waals surface area contributed by atoms with Crippen molar-refractivity contribution in [3.63, 3.8) is 0 Å². The molecule has 2 aliphatic carbocycles. The second-order valence-electron chi connectivity index (χ2n) is 4.58. The van der Waals surface area contributed by atoms with Crippen LogP contribution in [-0.2, 0) is 14.1 Å². The molecule has 0 aliphatic heterocycles. The van der Waals surface area contributed by atoms with E-state index in [0.29, 0.717) is 0 Å². The predicted octanol–water partition coefficient (Wildman–Crippen LogP) is 2.95. The molecule has 6 heteroatoms. The number of fused-ring (bicyclic) bond motifs is 1. The Hall–Kier alpha value is -1.16. The molecule has 0 heterocycles. The van der Waals surface area contributed by atoms with Crippen molar-refractivity contribution in [3.05, 3.63) is 24.3 Å². The number of benzene rings is 1. The highest BCUT2D eigenvalue weighted by Gasteiger charge is 2.51. The minimum absolute atomic E-state index is 0.0760. The fourth-order valence-corrected chi connectivity index (χ4v) is 3.12. The summed E-state index contributed by atoms with van der Waals surface area (Å²) in [5.41, 5.74) is 2.85. The molecule has 112 valence electrons. The van der Waals surface area contributed by atoms with E-state index in [4.69, 9.17) is 9.79 Å². The Morgan fingerprint density at radius 3 is 1.65 bits per heavy atom. The van der Waals surface area contributed by atoms with Gasteiger partial charge in [-0.1, -0.05) is 38.1 Å². The Morgan fingerprint density at radius 1 is 1.10 bits per heavy atom. The lowest BCUT2D eigenvalue weighted by Crippen LogP contribution is -2.38. The van der Waals surface area contributed by atoms with Gasteiger partial charge in [0.05, 0.1) is 6.61 Å². The molecule has 5 nitrogen and oxygen atoms in total. The minimum atomic E-state index is -4.47. The topological polar surface area (TPSA) is 83.8 Å². The molecule has 0 radical (unpaired) electrons. The van der Waals surface area contributed by atoms with Crippen LogP contribution in [0.15, 0.2) is 24.3 Å². The smallest absolute Gasteiger partial charge is 0.342 e. The summed E-state index contributed by atoms with van der Waals surface area (Å²) in [6.07, 6.45) is 0.152. The van der Waals surface area contributed by atoms with E-state index < -0.39 is 18.7 Å². The number of ether oxygens (including phenoxy) is 1. The van der Waals surface area contributed by atoms with Crippen LogP contribution in [0.5, 0.6) is 0 Å². The van der Waals surface area contributed by atoms with Crippen LogP contribution in [0.25, 0.3) is 11.1 Å². The van der Waals surface area contributed by atoms with E-state index in [1.54, 1.807) is 20.8 Å². The SMILES string of the molecule is CCOC(=O)C(CC)(CC)P(=O)(O)O.c1cc2ccc1-2. The Kier molecular flexibility index (Phi) is 5.51. The van der Waals surface area contributed by atoms with Crippen LogP contribution in [0.2, 0.25) is 0 Å². The van der Waals surface area contributed by atoms with Gasteiger partial charge >= 0.3 is 13.6 Å². The number of carbonyl (C=O) groups is 1. The number of hydrogen-bond acceptors (Lipinski definition) is 3. The molecule has 0 atom stereocenters. The van der Waals surface area contributed by atoms with Crippen molar-refractivity contribution in [1.82, 2.24) is 0 Å². The Bertz CT molecular complexity index is 478. The van der Waals surface area contributed by atoms with Crippen LogP contribution >= 0.6 is 7.60 Å². The van der Waals surface area contributed by atoms with Crippen molar-refractivity contribution in [2.45, 2.75) is 38.8 Å². The summed E-state index contributed by atoms with van der Waals surface area (Å²) in [5, 5.41) is -1.66. The molecule has 0 saturated carbocycles. The molecule has 0 aromatic rings. The van der Waals surface area contributed by atoms with E-state index in [-0.39, 0.29) is 19.4 Å². The Morgan fingerprint density at radius 2 is 1.50 bits per heavy atom. The predicted molar refractivity (Wildman–Crippen MR) is 77.4 cm³/mol. The number of hydrogen-bond donors (Lipinski definition) is 2. The lowest BCUT2D eigenvalue weighted by molar-refractivity contribution is -0.147. The van der Waals surface area contributed by atoms with Crippen LogP contribution in [0, 0.1) is 0 Å². The van der Waals surface area contributed by atoms with Crippen LogP contribution in [0.4, 0.5) is 0 Å². The first-order valence-electron chi connectivity index (χ1n) is 6.65. The van der Waals surface area contributed by atoms with Gasteiger partial charge in [-0.2, -0.15) is 0 Å². The highest BCUT2D eigenvalue weighted by molar-refractivity contribution is 7.54. The Labute approximate surface area is 119 Å². The molecule has 2 rings (SSSR count). The standard InChI is InChI=1S/C8H17O5P.C6H4/c1-4-8(5-2,14(10,11)12)7(9)13-6-3;1-2-6-4-3-5(1)6/h4-6H2,1-3H3,(H2,10,11,12);1-4H. The van der Waals surface area contributed by atoms with Crippen molar-refractivity contribution < 1.29 is 23.9 Å². The normalized spacial score (nSPS) is 12.2. The average Bonchev–Trinajstić information content (AvgIpc) is 2.35. The molecule has 0 aromatic heterocycles. The molecular formula is C14H21O5P. The van der Waals surface area contributed by atoms with Crippen molar-refractivity contribution in [2.24, 2.45) is 0 Å². The summed E-state index contributed by atoms with van der Waals surface area (Å²) >= 11 is 0. The van der Waals surface area contributed by atoms with Gasteiger partial charge in [0.1, 0.15) is 0 Å². The van der Waals surface area contributed by atoms with Gasteiger partial charge in [-0.05, 0) is 30.9 Å². The van der Waals surface area contributed by atoms with Gasteiger partial charge in [0.15, 0.2) is 5.16 Å². The summed E-state index contributed by atoms with van der Waals surface area (Å²) in [4.78, 5) is 29.7. The zero-order valence-electron chi connectivity index (χ0n) is 12.0. The fourth-order valence-electron chi connectivity index (χ4n) is 2.00. The van der Waals surface area contributed by atoms with Crippen molar-refractivity contribution >= 4 is 13.6 Å². The molecule has 0 bridgehead atoms.